The van der Waals surface area contributed by atoms with Crippen molar-refractivity contribution in [2.45, 2.75) is 26.9 Å². The maximum atomic E-state index is 12.2. The van der Waals surface area contributed by atoms with E-state index in [1.165, 1.54) is 0 Å². The van der Waals surface area contributed by atoms with Gasteiger partial charge in [0, 0.05) is 18.9 Å². The molecular formula is C17H17BrN4O2. The second-order valence-electron chi connectivity index (χ2n) is 5.45. The minimum absolute atomic E-state index is 0.250. The quantitative estimate of drug-likeness (QED) is 0.727. The van der Waals surface area contributed by atoms with Crippen LogP contribution in [0.25, 0.3) is 0 Å². The summed E-state index contributed by atoms with van der Waals surface area (Å²) >= 11 is 3.50. The summed E-state index contributed by atoms with van der Waals surface area (Å²) in [5.74, 6) is 0.716. The molecule has 3 heterocycles. The van der Waals surface area contributed by atoms with E-state index in [0.29, 0.717) is 18.8 Å². The summed E-state index contributed by atoms with van der Waals surface area (Å²) in [4.78, 5) is 16.2. The minimum Gasteiger partial charge on any atom is -0.454 e. The third kappa shape index (κ3) is 3.56. The van der Waals surface area contributed by atoms with Crippen molar-refractivity contribution in [3.63, 3.8) is 0 Å². The molecule has 0 bridgehead atoms. The van der Waals surface area contributed by atoms with Gasteiger partial charge in [-0.25, -0.2) is 0 Å². The van der Waals surface area contributed by atoms with Gasteiger partial charge >= 0.3 is 0 Å². The molecule has 3 rings (SSSR count). The summed E-state index contributed by atoms with van der Waals surface area (Å²) < 4.78 is 8.47. The molecule has 0 aromatic carbocycles. The number of furan rings is 1. The zero-order chi connectivity index (χ0) is 17.1. The van der Waals surface area contributed by atoms with Crippen molar-refractivity contribution in [1.82, 2.24) is 20.1 Å². The Bertz CT molecular complexity index is 855. The molecule has 1 N–H and O–H groups in total. The van der Waals surface area contributed by atoms with Crippen LogP contribution in [0.5, 0.6) is 0 Å². The Morgan fingerprint density at radius 1 is 1.33 bits per heavy atom. The first-order valence-electron chi connectivity index (χ1n) is 7.50. The van der Waals surface area contributed by atoms with Gasteiger partial charge in [0.1, 0.15) is 5.76 Å². The van der Waals surface area contributed by atoms with Crippen LogP contribution in [-0.4, -0.2) is 20.7 Å². The van der Waals surface area contributed by atoms with Gasteiger partial charge < -0.3 is 9.73 Å². The number of carbonyl (C=O) groups is 1. The molecule has 3 aromatic rings. The maximum absolute atomic E-state index is 12.2. The van der Waals surface area contributed by atoms with Crippen LogP contribution in [-0.2, 0) is 13.1 Å². The smallest absolute Gasteiger partial charge is 0.287 e. The number of amides is 1. The van der Waals surface area contributed by atoms with E-state index in [1.807, 2.05) is 30.7 Å². The third-order valence-corrected chi connectivity index (χ3v) is 4.81. The van der Waals surface area contributed by atoms with E-state index in [4.69, 9.17) is 4.42 Å². The summed E-state index contributed by atoms with van der Waals surface area (Å²) in [6.07, 6.45) is 3.41. The van der Waals surface area contributed by atoms with E-state index in [2.05, 4.69) is 31.3 Å². The lowest BCUT2D eigenvalue weighted by Gasteiger charge is -2.03. The highest BCUT2D eigenvalue weighted by molar-refractivity contribution is 9.10. The lowest BCUT2D eigenvalue weighted by Crippen LogP contribution is -2.22. The van der Waals surface area contributed by atoms with Crippen molar-refractivity contribution >= 4 is 21.8 Å². The standard InChI is InChI=1S/C17H17BrN4O2/c1-11-16(18)12(2)22(21-11)10-14-5-6-15(24-14)17(23)20-9-13-4-3-7-19-8-13/h3-8H,9-10H2,1-2H3,(H,20,23). The number of hydrogen-bond acceptors (Lipinski definition) is 4. The Balaban J connectivity index is 1.64. The van der Waals surface area contributed by atoms with Crippen LogP contribution in [0, 0.1) is 13.8 Å². The van der Waals surface area contributed by atoms with Crippen LogP contribution >= 0.6 is 15.9 Å². The van der Waals surface area contributed by atoms with E-state index < -0.39 is 0 Å². The van der Waals surface area contributed by atoms with Gasteiger partial charge in [0.2, 0.25) is 0 Å². The van der Waals surface area contributed by atoms with Crippen molar-refractivity contribution in [1.29, 1.82) is 0 Å². The van der Waals surface area contributed by atoms with E-state index in [-0.39, 0.29) is 11.7 Å². The summed E-state index contributed by atoms with van der Waals surface area (Å²) in [5, 5.41) is 7.25. The summed E-state index contributed by atoms with van der Waals surface area (Å²) in [6, 6.07) is 7.21. The molecule has 0 aliphatic rings. The zero-order valence-corrected chi connectivity index (χ0v) is 15.0. The fourth-order valence-electron chi connectivity index (χ4n) is 2.33. The number of aromatic nitrogens is 3. The monoisotopic (exact) mass is 388 g/mol. The summed E-state index contributed by atoms with van der Waals surface area (Å²) in [6.45, 7) is 4.81. The summed E-state index contributed by atoms with van der Waals surface area (Å²) in [7, 11) is 0. The fourth-order valence-corrected chi connectivity index (χ4v) is 2.62. The predicted octanol–water partition coefficient (Wildman–Crippen LogP) is 3.23. The Labute approximate surface area is 148 Å². The molecule has 0 saturated carbocycles. The van der Waals surface area contributed by atoms with Crippen LogP contribution in [0.1, 0.15) is 33.3 Å². The molecule has 124 valence electrons. The normalized spacial score (nSPS) is 10.8. The Hall–Kier alpha value is -2.41. The Kier molecular flexibility index (Phi) is 4.80. The highest BCUT2D eigenvalue weighted by atomic mass is 79.9. The Morgan fingerprint density at radius 2 is 2.17 bits per heavy atom. The molecule has 24 heavy (non-hydrogen) atoms. The molecule has 7 heteroatoms. The van der Waals surface area contributed by atoms with E-state index in [1.54, 1.807) is 24.5 Å². The average molecular weight is 389 g/mol. The van der Waals surface area contributed by atoms with Crippen LogP contribution in [0.2, 0.25) is 0 Å². The highest BCUT2D eigenvalue weighted by Gasteiger charge is 2.14. The predicted molar refractivity (Wildman–Crippen MR) is 92.6 cm³/mol. The SMILES string of the molecule is Cc1nn(Cc2ccc(C(=O)NCc3cccnc3)o2)c(C)c1Br. The van der Waals surface area contributed by atoms with E-state index >= 15 is 0 Å². The van der Waals surface area contributed by atoms with Crippen LogP contribution in [0.4, 0.5) is 0 Å². The zero-order valence-electron chi connectivity index (χ0n) is 13.4. The number of hydrogen-bond donors (Lipinski definition) is 1. The average Bonchev–Trinajstić information content (AvgIpc) is 3.15. The van der Waals surface area contributed by atoms with Gasteiger partial charge in [-0.1, -0.05) is 6.07 Å². The van der Waals surface area contributed by atoms with Gasteiger partial charge in [-0.2, -0.15) is 5.10 Å². The van der Waals surface area contributed by atoms with Gasteiger partial charge in [-0.15, -0.1) is 0 Å². The minimum atomic E-state index is -0.250. The molecule has 6 nitrogen and oxygen atoms in total. The van der Waals surface area contributed by atoms with Crippen molar-refractivity contribution < 1.29 is 9.21 Å². The molecule has 0 unspecified atom stereocenters. The first-order chi connectivity index (χ1) is 11.5. The van der Waals surface area contributed by atoms with Crippen LogP contribution in [0.3, 0.4) is 0 Å². The number of halogens is 1. The van der Waals surface area contributed by atoms with Gasteiger partial charge in [0.25, 0.3) is 5.91 Å². The molecule has 0 aliphatic carbocycles. The fraction of sp³-hybridized carbons (Fsp3) is 0.235. The second-order valence-corrected chi connectivity index (χ2v) is 6.25. The largest absolute Gasteiger partial charge is 0.454 e. The molecular weight excluding hydrogens is 372 g/mol. The van der Waals surface area contributed by atoms with Gasteiger partial charge in [-0.3, -0.25) is 14.5 Å². The molecule has 0 aliphatic heterocycles. The van der Waals surface area contributed by atoms with E-state index in [0.717, 1.165) is 21.4 Å². The number of carbonyl (C=O) groups excluding carboxylic acids is 1. The van der Waals surface area contributed by atoms with Crippen LogP contribution in [0.15, 0.2) is 45.5 Å². The van der Waals surface area contributed by atoms with Gasteiger partial charge in [0.05, 0.1) is 22.4 Å². The molecule has 0 fully saturated rings. The van der Waals surface area contributed by atoms with E-state index in [9.17, 15) is 4.79 Å². The van der Waals surface area contributed by atoms with Crippen molar-refractivity contribution in [3.8, 4) is 0 Å². The first kappa shape index (κ1) is 16.4. The van der Waals surface area contributed by atoms with Crippen molar-refractivity contribution in [2.75, 3.05) is 0 Å². The molecule has 1 amide bonds. The molecule has 0 saturated heterocycles. The topological polar surface area (TPSA) is 73.0 Å². The number of pyridine rings is 1. The Morgan fingerprint density at radius 3 is 2.83 bits per heavy atom. The van der Waals surface area contributed by atoms with Crippen molar-refractivity contribution in [3.05, 3.63) is 69.6 Å². The van der Waals surface area contributed by atoms with Crippen LogP contribution < -0.4 is 5.32 Å². The highest BCUT2D eigenvalue weighted by Crippen LogP contribution is 2.21. The number of aryl methyl sites for hydroxylation is 1. The molecule has 0 radical (unpaired) electrons. The number of rotatable bonds is 5. The van der Waals surface area contributed by atoms with Gasteiger partial charge in [0.15, 0.2) is 5.76 Å². The first-order valence-corrected chi connectivity index (χ1v) is 8.29. The number of nitrogens with zero attached hydrogens (tertiary/aromatic N) is 3. The van der Waals surface area contributed by atoms with Crippen molar-refractivity contribution in [2.24, 2.45) is 0 Å². The number of nitrogens with one attached hydrogen (secondary N) is 1. The third-order valence-electron chi connectivity index (χ3n) is 3.66. The molecule has 0 atom stereocenters. The molecule has 3 aromatic heterocycles. The lowest BCUT2D eigenvalue weighted by molar-refractivity contribution is 0.0921. The second kappa shape index (κ2) is 7.00. The maximum Gasteiger partial charge on any atom is 0.287 e. The lowest BCUT2D eigenvalue weighted by atomic mass is 10.3. The summed E-state index contributed by atoms with van der Waals surface area (Å²) in [5.41, 5.74) is 2.88. The molecule has 0 spiro atoms. The van der Waals surface area contributed by atoms with Gasteiger partial charge in [-0.05, 0) is 53.5 Å².